The van der Waals surface area contributed by atoms with E-state index in [-0.39, 0.29) is 5.91 Å². The van der Waals surface area contributed by atoms with Crippen LogP contribution in [0.3, 0.4) is 0 Å². The lowest BCUT2D eigenvalue weighted by Crippen LogP contribution is -2.46. The van der Waals surface area contributed by atoms with Crippen molar-refractivity contribution in [2.24, 2.45) is 5.92 Å². The second-order valence-corrected chi connectivity index (χ2v) is 6.75. The van der Waals surface area contributed by atoms with E-state index in [0.717, 1.165) is 27.5 Å². The number of piperidine rings is 1. The Morgan fingerprint density at radius 3 is 2.78 bits per heavy atom. The number of carbonyl (C=O) groups is 1. The molecular formula is C14H17Br2NO. The molecule has 2 unspecified atom stereocenters. The van der Waals surface area contributed by atoms with Gasteiger partial charge in [0.2, 0.25) is 0 Å². The van der Waals surface area contributed by atoms with Crippen LogP contribution in [0.25, 0.3) is 0 Å². The van der Waals surface area contributed by atoms with Crippen molar-refractivity contribution in [2.45, 2.75) is 32.7 Å². The average Bonchev–Trinajstić information content (AvgIpc) is 2.35. The Labute approximate surface area is 125 Å². The first-order valence-corrected chi connectivity index (χ1v) is 7.85. The van der Waals surface area contributed by atoms with Gasteiger partial charge in [-0.3, -0.25) is 4.79 Å². The molecule has 1 aromatic rings. The lowest BCUT2D eigenvalue weighted by molar-refractivity contribution is 0.0550. The molecule has 0 saturated carbocycles. The van der Waals surface area contributed by atoms with E-state index < -0.39 is 0 Å². The molecule has 0 bridgehead atoms. The molecule has 1 aromatic carbocycles. The van der Waals surface area contributed by atoms with Crippen LogP contribution in [0.2, 0.25) is 0 Å². The van der Waals surface area contributed by atoms with Crippen LogP contribution in [-0.4, -0.2) is 23.4 Å². The number of rotatable bonds is 1. The quantitative estimate of drug-likeness (QED) is 0.709. The number of benzene rings is 1. The molecule has 2 rings (SSSR count). The van der Waals surface area contributed by atoms with Gasteiger partial charge < -0.3 is 4.90 Å². The predicted octanol–water partition coefficient (Wildman–Crippen LogP) is 4.47. The van der Waals surface area contributed by atoms with Crippen molar-refractivity contribution in [1.82, 2.24) is 4.90 Å². The topological polar surface area (TPSA) is 20.3 Å². The van der Waals surface area contributed by atoms with Crippen LogP contribution in [0, 0.1) is 5.92 Å². The molecule has 98 valence electrons. The summed E-state index contributed by atoms with van der Waals surface area (Å²) < 4.78 is 1.80. The van der Waals surface area contributed by atoms with Crippen LogP contribution in [0.15, 0.2) is 27.1 Å². The first-order valence-electron chi connectivity index (χ1n) is 6.26. The summed E-state index contributed by atoms with van der Waals surface area (Å²) in [5.41, 5.74) is 0.741. The number of nitrogens with zero attached hydrogens (tertiary/aromatic N) is 1. The van der Waals surface area contributed by atoms with Gasteiger partial charge in [0.25, 0.3) is 5.91 Å². The molecule has 0 N–H and O–H groups in total. The fourth-order valence-electron chi connectivity index (χ4n) is 2.44. The van der Waals surface area contributed by atoms with Crippen LogP contribution in [0.4, 0.5) is 0 Å². The molecule has 0 spiro atoms. The van der Waals surface area contributed by atoms with Crippen LogP contribution in [0.5, 0.6) is 0 Å². The van der Waals surface area contributed by atoms with Crippen molar-refractivity contribution in [2.75, 3.05) is 6.54 Å². The Bertz CT molecular complexity index is 461. The fraction of sp³-hybridized carbons (Fsp3) is 0.500. The maximum atomic E-state index is 12.6. The predicted molar refractivity (Wildman–Crippen MR) is 80.7 cm³/mol. The van der Waals surface area contributed by atoms with Crippen molar-refractivity contribution < 1.29 is 4.79 Å². The molecule has 1 fully saturated rings. The zero-order valence-electron chi connectivity index (χ0n) is 10.6. The highest BCUT2D eigenvalue weighted by Gasteiger charge is 2.29. The summed E-state index contributed by atoms with van der Waals surface area (Å²) in [6, 6.07) is 6.05. The van der Waals surface area contributed by atoms with Crippen molar-refractivity contribution in [3.05, 3.63) is 32.7 Å². The van der Waals surface area contributed by atoms with Crippen LogP contribution < -0.4 is 0 Å². The van der Waals surface area contributed by atoms with Gasteiger partial charge in [-0.1, -0.05) is 22.9 Å². The van der Waals surface area contributed by atoms with E-state index in [1.54, 1.807) is 0 Å². The molecule has 1 aliphatic rings. The monoisotopic (exact) mass is 373 g/mol. The molecule has 1 aliphatic heterocycles. The van der Waals surface area contributed by atoms with E-state index >= 15 is 0 Å². The van der Waals surface area contributed by atoms with Gasteiger partial charge in [0.05, 0.1) is 5.56 Å². The zero-order chi connectivity index (χ0) is 13.3. The van der Waals surface area contributed by atoms with Gasteiger partial charge in [-0.25, -0.2) is 0 Å². The normalized spacial score (nSPS) is 24.1. The highest BCUT2D eigenvalue weighted by Crippen LogP contribution is 2.28. The van der Waals surface area contributed by atoms with Crippen molar-refractivity contribution >= 4 is 37.8 Å². The van der Waals surface area contributed by atoms with Crippen molar-refractivity contribution in [3.8, 4) is 0 Å². The summed E-state index contributed by atoms with van der Waals surface area (Å²) in [6.45, 7) is 5.23. The molecule has 2 nitrogen and oxygen atoms in total. The van der Waals surface area contributed by atoms with E-state index in [1.807, 2.05) is 23.1 Å². The standard InChI is InChI=1S/C14H17Br2NO/c1-9-4-3-7-17(10(9)2)14(18)12-8-11(15)5-6-13(12)16/h5-6,8-10H,3-4,7H2,1-2H3. The van der Waals surface area contributed by atoms with Crippen LogP contribution in [0.1, 0.15) is 37.0 Å². The Morgan fingerprint density at radius 2 is 2.06 bits per heavy atom. The van der Waals surface area contributed by atoms with E-state index in [9.17, 15) is 4.79 Å². The lowest BCUT2D eigenvalue weighted by atomic mass is 9.91. The SMILES string of the molecule is CC1CCCN(C(=O)c2cc(Br)ccc2Br)C1C. The second kappa shape index (κ2) is 5.74. The Morgan fingerprint density at radius 1 is 1.33 bits per heavy atom. The largest absolute Gasteiger partial charge is 0.336 e. The minimum Gasteiger partial charge on any atom is -0.336 e. The summed E-state index contributed by atoms with van der Waals surface area (Å²) in [7, 11) is 0. The van der Waals surface area contributed by atoms with E-state index in [4.69, 9.17) is 0 Å². The Hall–Kier alpha value is -0.350. The Kier molecular flexibility index (Phi) is 4.49. The van der Waals surface area contributed by atoms with E-state index in [1.165, 1.54) is 6.42 Å². The molecule has 0 radical (unpaired) electrons. The maximum Gasteiger partial charge on any atom is 0.255 e. The van der Waals surface area contributed by atoms with Crippen molar-refractivity contribution in [3.63, 3.8) is 0 Å². The van der Waals surface area contributed by atoms with Crippen molar-refractivity contribution in [1.29, 1.82) is 0 Å². The molecule has 1 saturated heterocycles. The van der Waals surface area contributed by atoms with Crippen LogP contribution >= 0.6 is 31.9 Å². The summed E-state index contributed by atoms with van der Waals surface area (Å²) in [4.78, 5) is 14.6. The third kappa shape index (κ3) is 2.80. The molecule has 1 heterocycles. The molecule has 1 amide bonds. The summed E-state index contributed by atoms with van der Waals surface area (Å²) in [5, 5.41) is 0. The van der Waals surface area contributed by atoms with Gasteiger partial charge in [0.15, 0.2) is 0 Å². The number of halogens is 2. The first-order chi connectivity index (χ1) is 8.50. The molecule has 18 heavy (non-hydrogen) atoms. The molecule has 0 aromatic heterocycles. The zero-order valence-corrected chi connectivity index (χ0v) is 13.8. The third-order valence-corrected chi connectivity index (χ3v) is 4.98. The molecule has 4 heteroatoms. The van der Waals surface area contributed by atoms with E-state index in [0.29, 0.717) is 12.0 Å². The number of hydrogen-bond donors (Lipinski definition) is 0. The third-order valence-electron chi connectivity index (χ3n) is 3.79. The molecule has 0 aliphatic carbocycles. The summed E-state index contributed by atoms with van der Waals surface area (Å²) in [5.74, 6) is 0.704. The first kappa shape index (κ1) is 14.1. The highest BCUT2D eigenvalue weighted by molar-refractivity contribution is 9.11. The van der Waals surface area contributed by atoms with Gasteiger partial charge in [-0.15, -0.1) is 0 Å². The number of amides is 1. The second-order valence-electron chi connectivity index (χ2n) is 4.98. The fourth-order valence-corrected chi connectivity index (χ4v) is 3.22. The smallest absolute Gasteiger partial charge is 0.255 e. The van der Waals surface area contributed by atoms with E-state index in [2.05, 4.69) is 45.7 Å². The van der Waals surface area contributed by atoms with Gasteiger partial charge in [0, 0.05) is 21.5 Å². The summed E-state index contributed by atoms with van der Waals surface area (Å²) in [6.07, 6.45) is 2.31. The molecular weight excluding hydrogens is 358 g/mol. The van der Waals surface area contributed by atoms with Gasteiger partial charge >= 0.3 is 0 Å². The average molecular weight is 375 g/mol. The van der Waals surface area contributed by atoms with Gasteiger partial charge in [-0.2, -0.15) is 0 Å². The lowest BCUT2D eigenvalue weighted by Gasteiger charge is -2.38. The van der Waals surface area contributed by atoms with Gasteiger partial charge in [0.1, 0.15) is 0 Å². The highest BCUT2D eigenvalue weighted by atomic mass is 79.9. The van der Waals surface area contributed by atoms with Crippen LogP contribution in [-0.2, 0) is 0 Å². The number of hydrogen-bond acceptors (Lipinski definition) is 1. The summed E-state index contributed by atoms with van der Waals surface area (Å²) >= 11 is 6.89. The minimum atomic E-state index is 0.127. The number of carbonyl (C=O) groups excluding carboxylic acids is 1. The van der Waals surface area contributed by atoms with Gasteiger partial charge in [-0.05, 0) is 59.8 Å². The Balaban J connectivity index is 2.27. The minimum absolute atomic E-state index is 0.127. The number of likely N-dealkylation sites (tertiary alicyclic amines) is 1. The maximum absolute atomic E-state index is 12.6. The molecule has 2 atom stereocenters.